The second kappa shape index (κ2) is 6.13. The van der Waals surface area contributed by atoms with Crippen LogP contribution in [0.2, 0.25) is 0 Å². The number of hydrogen-bond donors (Lipinski definition) is 1. The number of rotatable bonds is 3. The minimum atomic E-state index is -0.860. The number of carboxylic acid groups (broad SMARTS) is 1. The minimum absolute atomic E-state index is 0.0912. The van der Waals surface area contributed by atoms with Gasteiger partial charge in [-0.05, 0) is 24.8 Å². The molecule has 1 heterocycles. The van der Waals surface area contributed by atoms with Crippen LogP contribution in [-0.4, -0.2) is 39.9 Å². The first-order chi connectivity index (χ1) is 10.3. The number of carbonyl (C=O) groups is 2. The molecule has 1 aromatic rings. The van der Waals surface area contributed by atoms with E-state index in [1.54, 1.807) is 26.0 Å². The largest absolute Gasteiger partial charge is 0.481 e. The summed E-state index contributed by atoms with van der Waals surface area (Å²) < 4.78 is 0. The Morgan fingerprint density at radius 3 is 2.64 bits per heavy atom. The van der Waals surface area contributed by atoms with Gasteiger partial charge in [0.25, 0.3) is 11.6 Å². The summed E-state index contributed by atoms with van der Waals surface area (Å²) in [4.78, 5) is 35.8. The summed E-state index contributed by atoms with van der Waals surface area (Å²) in [6.45, 7) is 4.03. The lowest BCUT2D eigenvalue weighted by atomic mass is 9.86. The van der Waals surface area contributed by atoms with E-state index >= 15 is 0 Å². The smallest absolute Gasteiger partial charge is 0.306 e. The first-order valence-corrected chi connectivity index (χ1v) is 7.09. The van der Waals surface area contributed by atoms with Crippen LogP contribution in [0.15, 0.2) is 18.2 Å². The molecule has 118 valence electrons. The minimum Gasteiger partial charge on any atom is -0.481 e. The van der Waals surface area contributed by atoms with E-state index in [-0.39, 0.29) is 17.2 Å². The zero-order valence-electron chi connectivity index (χ0n) is 12.5. The van der Waals surface area contributed by atoms with Gasteiger partial charge < -0.3 is 10.0 Å². The highest BCUT2D eigenvalue weighted by Gasteiger charge is 2.35. The quantitative estimate of drug-likeness (QED) is 0.680. The zero-order valence-corrected chi connectivity index (χ0v) is 12.5. The van der Waals surface area contributed by atoms with Crippen molar-refractivity contribution >= 4 is 17.6 Å². The number of aryl methyl sites for hydroxylation is 1. The van der Waals surface area contributed by atoms with Crippen molar-refractivity contribution in [2.24, 2.45) is 11.8 Å². The summed E-state index contributed by atoms with van der Waals surface area (Å²) in [6.07, 6.45) is 0.363. The van der Waals surface area contributed by atoms with Crippen molar-refractivity contribution in [3.05, 3.63) is 39.4 Å². The maximum atomic E-state index is 12.6. The number of carbonyl (C=O) groups excluding carboxylic acids is 1. The average Bonchev–Trinajstić information content (AvgIpc) is 2.45. The van der Waals surface area contributed by atoms with Gasteiger partial charge in [-0.15, -0.1) is 0 Å². The van der Waals surface area contributed by atoms with Crippen LogP contribution in [0.4, 0.5) is 5.69 Å². The Hall–Kier alpha value is -2.44. The molecule has 7 heteroatoms. The summed E-state index contributed by atoms with van der Waals surface area (Å²) in [5.74, 6) is -1.92. The van der Waals surface area contributed by atoms with Gasteiger partial charge in [-0.3, -0.25) is 19.7 Å². The Balaban J connectivity index is 2.27. The molecule has 2 rings (SSSR count). The van der Waals surface area contributed by atoms with E-state index < -0.39 is 22.7 Å². The van der Waals surface area contributed by atoms with Crippen molar-refractivity contribution in [1.29, 1.82) is 0 Å². The van der Waals surface area contributed by atoms with Gasteiger partial charge in [-0.25, -0.2) is 0 Å². The average molecular weight is 306 g/mol. The highest BCUT2D eigenvalue weighted by Crippen LogP contribution is 2.28. The van der Waals surface area contributed by atoms with Crippen molar-refractivity contribution in [1.82, 2.24) is 4.90 Å². The summed E-state index contributed by atoms with van der Waals surface area (Å²) in [6, 6.07) is 4.52. The molecule has 2 atom stereocenters. The lowest BCUT2D eigenvalue weighted by Crippen LogP contribution is -2.45. The van der Waals surface area contributed by atoms with Crippen molar-refractivity contribution in [3.8, 4) is 0 Å². The number of aliphatic carboxylic acids is 1. The molecule has 0 saturated carbocycles. The van der Waals surface area contributed by atoms with Crippen LogP contribution in [0.3, 0.4) is 0 Å². The van der Waals surface area contributed by atoms with E-state index in [2.05, 4.69) is 0 Å². The third-order valence-corrected chi connectivity index (χ3v) is 4.17. The van der Waals surface area contributed by atoms with E-state index in [0.29, 0.717) is 25.1 Å². The molecule has 7 nitrogen and oxygen atoms in total. The molecule has 1 saturated heterocycles. The van der Waals surface area contributed by atoms with E-state index in [1.807, 2.05) is 0 Å². The molecule has 1 N–H and O–H groups in total. The zero-order chi connectivity index (χ0) is 16.4. The number of amides is 1. The molecule has 2 unspecified atom stereocenters. The van der Waals surface area contributed by atoms with Crippen LogP contribution in [0.1, 0.15) is 29.3 Å². The fourth-order valence-electron chi connectivity index (χ4n) is 2.94. The molecule has 1 fully saturated rings. The number of benzene rings is 1. The van der Waals surface area contributed by atoms with E-state index in [0.717, 1.165) is 0 Å². The van der Waals surface area contributed by atoms with Gasteiger partial charge in [0.2, 0.25) is 0 Å². The number of hydrogen-bond acceptors (Lipinski definition) is 4. The second-order valence-electron chi connectivity index (χ2n) is 5.69. The number of nitrogens with zero attached hydrogens (tertiary/aromatic N) is 2. The van der Waals surface area contributed by atoms with Gasteiger partial charge in [0.1, 0.15) is 5.56 Å². The summed E-state index contributed by atoms with van der Waals surface area (Å²) in [5, 5.41) is 20.2. The normalized spacial score (nSPS) is 21.5. The van der Waals surface area contributed by atoms with Crippen molar-refractivity contribution in [2.75, 3.05) is 13.1 Å². The van der Waals surface area contributed by atoms with Gasteiger partial charge in [-0.1, -0.05) is 19.1 Å². The molecule has 1 amide bonds. The SMILES string of the molecule is Cc1cccc([N+](=O)[O-])c1C(=O)N1CCC(C(=O)O)C(C)C1. The maximum absolute atomic E-state index is 12.6. The fraction of sp³-hybridized carbons (Fsp3) is 0.467. The predicted octanol–water partition coefficient (Wildman–Crippen LogP) is 2.09. The number of nitro benzene ring substituents is 1. The van der Waals surface area contributed by atoms with Crippen LogP contribution in [0.25, 0.3) is 0 Å². The Labute approximate surface area is 127 Å². The molecule has 1 aromatic carbocycles. The molecule has 0 aromatic heterocycles. The second-order valence-corrected chi connectivity index (χ2v) is 5.69. The lowest BCUT2D eigenvalue weighted by molar-refractivity contribution is -0.385. The molecule has 1 aliphatic rings. The van der Waals surface area contributed by atoms with E-state index in [1.165, 1.54) is 11.0 Å². The number of carboxylic acids is 1. The standard InChI is InChI=1S/C15H18N2O5/c1-9-4-3-5-12(17(21)22)13(9)14(18)16-7-6-11(15(19)20)10(2)8-16/h3-5,10-11H,6-8H2,1-2H3,(H,19,20). The molecular formula is C15H18N2O5. The number of likely N-dealkylation sites (tertiary alicyclic amines) is 1. The van der Waals surface area contributed by atoms with Gasteiger partial charge in [-0.2, -0.15) is 0 Å². The highest BCUT2D eigenvalue weighted by molar-refractivity contribution is 5.99. The topological polar surface area (TPSA) is 101 Å². The molecule has 0 bridgehead atoms. The van der Waals surface area contributed by atoms with Crippen LogP contribution in [0, 0.1) is 28.9 Å². The monoisotopic (exact) mass is 306 g/mol. The Bertz CT molecular complexity index is 628. The fourth-order valence-corrected chi connectivity index (χ4v) is 2.94. The van der Waals surface area contributed by atoms with Crippen LogP contribution < -0.4 is 0 Å². The van der Waals surface area contributed by atoms with Gasteiger partial charge >= 0.3 is 5.97 Å². The molecule has 0 aliphatic carbocycles. The molecule has 1 aliphatic heterocycles. The Morgan fingerprint density at radius 1 is 1.41 bits per heavy atom. The predicted molar refractivity (Wildman–Crippen MR) is 78.6 cm³/mol. The van der Waals surface area contributed by atoms with Gasteiger partial charge in [0.05, 0.1) is 10.8 Å². The highest BCUT2D eigenvalue weighted by atomic mass is 16.6. The summed E-state index contributed by atoms with van der Waals surface area (Å²) in [7, 11) is 0. The molecule has 0 spiro atoms. The maximum Gasteiger partial charge on any atom is 0.306 e. The van der Waals surface area contributed by atoms with Crippen molar-refractivity contribution in [3.63, 3.8) is 0 Å². The van der Waals surface area contributed by atoms with Crippen LogP contribution in [0.5, 0.6) is 0 Å². The summed E-state index contributed by atoms with van der Waals surface area (Å²) in [5.41, 5.74) is 0.429. The van der Waals surface area contributed by atoms with Crippen molar-refractivity contribution < 1.29 is 19.6 Å². The lowest BCUT2D eigenvalue weighted by Gasteiger charge is -2.35. The van der Waals surface area contributed by atoms with E-state index in [9.17, 15) is 19.7 Å². The first-order valence-electron chi connectivity index (χ1n) is 7.09. The summed E-state index contributed by atoms with van der Waals surface area (Å²) >= 11 is 0. The van der Waals surface area contributed by atoms with Gasteiger partial charge in [0, 0.05) is 19.2 Å². The van der Waals surface area contributed by atoms with Gasteiger partial charge in [0.15, 0.2) is 0 Å². The Morgan fingerprint density at radius 2 is 2.09 bits per heavy atom. The third-order valence-electron chi connectivity index (χ3n) is 4.17. The molecule has 0 radical (unpaired) electrons. The van der Waals surface area contributed by atoms with E-state index in [4.69, 9.17) is 5.11 Å². The van der Waals surface area contributed by atoms with Crippen LogP contribution >= 0.6 is 0 Å². The number of piperidine rings is 1. The van der Waals surface area contributed by atoms with Crippen molar-refractivity contribution in [2.45, 2.75) is 20.3 Å². The first kappa shape index (κ1) is 15.9. The third kappa shape index (κ3) is 2.93. The molecule has 22 heavy (non-hydrogen) atoms. The van der Waals surface area contributed by atoms with Crippen LogP contribution in [-0.2, 0) is 4.79 Å². The molecular weight excluding hydrogens is 288 g/mol. The Kier molecular flexibility index (Phi) is 4.44. The number of nitro groups is 1.